The van der Waals surface area contributed by atoms with Gasteiger partial charge in [-0.2, -0.15) is 0 Å². The lowest BCUT2D eigenvalue weighted by atomic mass is 10.1. The number of carbonyl (C=O) groups is 5. The minimum atomic E-state index is -0.601. The fourth-order valence-corrected chi connectivity index (χ4v) is 9.28. The zero-order chi connectivity index (χ0) is 62.3. The maximum Gasteiger partial charge on any atom is 0.292 e. The first-order valence-corrected chi connectivity index (χ1v) is 29.1. The molecular weight excluding hydrogens is 1390 g/mol. The van der Waals surface area contributed by atoms with E-state index in [9.17, 15) is 44.2 Å². The van der Waals surface area contributed by atoms with E-state index < -0.39 is 15.8 Å². The molecule has 11 N–H and O–H groups in total. The predicted octanol–water partition coefficient (Wildman–Crippen LogP) is 10.9. The molecule has 0 aliphatic rings. The summed E-state index contributed by atoms with van der Waals surface area (Å²) < 4.78 is 1.94. The number of anilines is 8. The van der Waals surface area contributed by atoms with Crippen molar-refractivity contribution < 1.29 is 33.8 Å². The van der Waals surface area contributed by atoms with Crippen molar-refractivity contribution in [2.24, 2.45) is 0 Å². The molecule has 7 aromatic heterocycles. The van der Waals surface area contributed by atoms with Crippen molar-refractivity contribution in [1.82, 2.24) is 39.9 Å². The quantitative estimate of drug-likeness (QED) is 0.0244. The van der Waals surface area contributed by atoms with Crippen LogP contribution in [0.5, 0.6) is 0 Å². The molecule has 5 amide bonds. The smallest absolute Gasteiger partial charge is 0.292 e. The number of halogens is 2. The number of hydrogen-bond donors (Lipinski definition) is 8. The Morgan fingerprint density at radius 3 is 1.15 bits per heavy atom. The maximum atomic E-state index is 12.4. The third-order valence-corrected chi connectivity index (χ3v) is 14.2. The number of nitro groups is 2. The number of nitro benzene ring substituents is 2. The highest BCUT2D eigenvalue weighted by atomic mass is 127. The van der Waals surface area contributed by atoms with Gasteiger partial charge in [-0.25, -0.2) is 39.9 Å². The van der Waals surface area contributed by atoms with Gasteiger partial charge in [-0.05, 0) is 133 Å². The molecule has 10 rings (SSSR count). The minimum Gasteiger partial charge on any atom is -0.397 e. The number of nitrogens with zero attached hydrogens (tertiary/aromatic N) is 10. The van der Waals surface area contributed by atoms with E-state index in [1.54, 1.807) is 77.8 Å². The van der Waals surface area contributed by atoms with Crippen molar-refractivity contribution >= 4 is 167 Å². The molecule has 10 aromatic rings. The Morgan fingerprint density at radius 2 is 0.791 bits per heavy atom. The summed E-state index contributed by atoms with van der Waals surface area (Å²) in [5, 5.41) is 40.2. The second-order valence-corrected chi connectivity index (χ2v) is 22.1. The third-order valence-electron chi connectivity index (χ3n) is 10.3. The standard InChI is InChI=1S/C17H13N5O4S.C17H15N5O2S.C10H8N2O2S.C6H6IN3O.C4H4IN3/c1-10(23)20-17-18-8-12(9-19-17)16(24)21-13-7-11(15-3-2-6-27-15)4-5-14(13)22(25)26;1-10(23)21-17-19-8-12(9-20-17)16(24)22-14-7-11(4-5-13(14)18)15-3-2-6-25-15;11-8-6-7(10-2-1-5-15-10)3-4-9(8)12(13)14;1-4(11)10-6-8-2-5(7)3-9-6;5-3-1-7-4(6)8-2-3/h2-9H,1H3,(H,21,24)(H,18,19,20,23);2-9H,18H2,1H3,(H,22,24)(H,19,20,21,23);1-6H,11H2;2-3H,1H3,(H,8,9,10,11);1-2H,(H2,6,7,8). The molecule has 0 aliphatic heterocycles. The fraction of sp³-hybridized carbons (Fsp3) is 0.0556. The maximum absolute atomic E-state index is 12.4. The predicted molar refractivity (Wildman–Crippen MR) is 348 cm³/mol. The SMILES string of the molecule is CC(=O)Nc1ncc(C(=O)Nc2cc(-c3cccs3)ccc2N)cn1.CC(=O)Nc1ncc(C(=O)Nc2cc(-c3cccs3)ccc2[N+](=O)[O-])cn1.CC(=O)Nc1ncc(I)cn1.Nc1cc(-c2cccs2)ccc1[N+](=O)[O-].Nc1ncc(I)cn1. The lowest BCUT2D eigenvalue weighted by Gasteiger charge is -2.10. The monoisotopic (exact) mass is 1440 g/mol. The van der Waals surface area contributed by atoms with E-state index in [1.165, 1.54) is 69.0 Å². The first kappa shape index (κ1) is 65.2. The molecule has 32 heteroatoms. The average molecular weight is 1440 g/mol. The summed E-state index contributed by atoms with van der Waals surface area (Å²) in [4.78, 5) is 112. The fourth-order valence-electron chi connectivity index (χ4n) is 6.55. The van der Waals surface area contributed by atoms with Gasteiger partial charge in [0.2, 0.25) is 41.5 Å². The molecule has 0 radical (unpaired) electrons. The van der Waals surface area contributed by atoms with Crippen LogP contribution in [-0.2, 0) is 14.4 Å². The van der Waals surface area contributed by atoms with Gasteiger partial charge in [-0.15, -0.1) is 34.0 Å². The molecule has 0 spiro atoms. The highest BCUT2D eigenvalue weighted by molar-refractivity contribution is 14.1. The molecule has 0 bridgehead atoms. The Bertz CT molecular complexity index is 3930. The Hall–Kier alpha value is -9.91. The normalized spacial score (nSPS) is 10.0. The van der Waals surface area contributed by atoms with E-state index in [0.717, 1.165) is 38.5 Å². The van der Waals surface area contributed by atoms with E-state index in [4.69, 9.17) is 17.2 Å². The van der Waals surface area contributed by atoms with Crippen LogP contribution in [0.4, 0.5) is 57.9 Å². The van der Waals surface area contributed by atoms with Crippen LogP contribution < -0.4 is 43.8 Å². The van der Waals surface area contributed by atoms with E-state index in [0.29, 0.717) is 23.3 Å². The summed E-state index contributed by atoms with van der Waals surface area (Å²) in [5.41, 5.74) is 20.7. The summed E-state index contributed by atoms with van der Waals surface area (Å²) in [6.45, 7) is 4.08. The molecule has 0 fully saturated rings. The average Bonchev–Trinajstić information content (AvgIpc) is 4.44. The molecule has 438 valence electrons. The summed E-state index contributed by atoms with van der Waals surface area (Å²) in [5.74, 6) is -0.897. The van der Waals surface area contributed by atoms with Gasteiger partial charge in [0.1, 0.15) is 11.4 Å². The summed E-state index contributed by atoms with van der Waals surface area (Å²) >= 11 is 8.87. The van der Waals surface area contributed by atoms with Gasteiger partial charge in [0, 0.05) is 104 Å². The lowest BCUT2D eigenvalue weighted by Crippen LogP contribution is -2.15. The summed E-state index contributed by atoms with van der Waals surface area (Å²) in [6, 6.07) is 26.4. The number of rotatable bonds is 12. The number of thiophene rings is 3. The van der Waals surface area contributed by atoms with E-state index in [1.807, 2.05) is 64.7 Å². The largest absolute Gasteiger partial charge is 0.397 e. The van der Waals surface area contributed by atoms with Crippen LogP contribution in [0.15, 0.2) is 157 Å². The first-order valence-electron chi connectivity index (χ1n) is 24.3. The van der Waals surface area contributed by atoms with Crippen LogP contribution in [0.1, 0.15) is 41.5 Å². The molecule has 7 heterocycles. The van der Waals surface area contributed by atoms with Crippen molar-refractivity contribution in [1.29, 1.82) is 0 Å². The second kappa shape index (κ2) is 32.2. The minimum absolute atomic E-state index is 0.0460. The van der Waals surface area contributed by atoms with Crippen molar-refractivity contribution in [2.75, 3.05) is 43.8 Å². The van der Waals surface area contributed by atoms with Gasteiger partial charge >= 0.3 is 0 Å². The van der Waals surface area contributed by atoms with Gasteiger partial charge in [0.05, 0.1) is 32.3 Å². The zero-order valence-corrected chi connectivity index (χ0v) is 51.6. The molecule has 0 saturated heterocycles. The van der Waals surface area contributed by atoms with Crippen LogP contribution >= 0.6 is 79.2 Å². The Balaban J connectivity index is 0.000000183. The third kappa shape index (κ3) is 20.8. The number of nitrogens with one attached hydrogen (secondary N) is 5. The topological polar surface area (TPSA) is 413 Å². The van der Waals surface area contributed by atoms with Crippen LogP contribution in [0.3, 0.4) is 0 Å². The van der Waals surface area contributed by atoms with Crippen molar-refractivity contribution in [2.45, 2.75) is 20.8 Å². The van der Waals surface area contributed by atoms with Gasteiger partial charge in [-0.1, -0.05) is 24.3 Å². The van der Waals surface area contributed by atoms with Crippen molar-refractivity contribution in [3.8, 4) is 31.3 Å². The summed E-state index contributed by atoms with van der Waals surface area (Å²) in [7, 11) is 0. The highest BCUT2D eigenvalue weighted by Gasteiger charge is 2.19. The van der Waals surface area contributed by atoms with Crippen LogP contribution in [-0.4, -0.2) is 79.3 Å². The molecule has 0 unspecified atom stereocenters. The number of carbonyl (C=O) groups excluding carboxylic acids is 5. The first-order chi connectivity index (χ1) is 41.1. The molecule has 3 aromatic carbocycles. The molecule has 0 saturated carbocycles. The lowest BCUT2D eigenvalue weighted by molar-refractivity contribution is -0.384. The number of nitrogens with two attached hydrogens (primary N) is 3. The zero-order valence-electron chi connectivity index (χ0n) is 44.9. The van der Waals surface area contributed by atoms with Gasteiger partial charge < -0.3 is 27.8 Å². The number of amides is 5. The van der Waals surface area contributed by atoms with Crippen molar-refractivity contribution in [3.63, 3.8) is 0 Å². The van der Waals surface area contributed by atoms with Gasteiger partial charge in [-0.3, -0.25) is 60.2 Å². The van der Waals surface area contributed by atoms with Crippen LogP contribution in [0.2, 0.25) is 0 Å². The highest BCUT2D eigenvalue weighted by Crippen LogP contribution is 2.34. The number of nitrogen functional groups attached to an aromatic ring is 3. The Labute approximate surface area is 527 Å². The number of aromatic nitrogens is 8. The van der Waals surface area contributed by atoms with E-state index >= 15 is 0 Å². The number of benzene rings is 3. The molecule has 0 atom stereocenters. The summed E-state index contributed by atoms with van der Waals surface area (Å²) in [6.07, 6.45) is 11.7. The second-order valence-electron chi connectivity index (χ2n) is 16.8. The van der Waals surface area contributed by atoms with Crippen molar-refractivity contribution in [3.05, 3.63) is 195 Å². The van der Waals surface area contributed by atoms with Gasteiger partial charge in [0.15, 0.2) is 0 Å². The number of hydrogen-bond acceptors (Lipinski definition) is 23. The molecular formula is C54H46I2N18O9S3. The van der Waals surface area contributed by atoms with Crippen LogP contribution in [0, 0.1) is 27.4 Å². The van der Waals surface area contributed by atoms with E-state index in [-0.39, 0.29) is 69.4 Å². The van der Waals surface area contributed by atoms with E-state index in [2.05, 4.69) is 112 Å². The van der Waals surface area contributed by atoms with Crippen LogP contribution in [0.25, 0.3) is 31.3 Å². The molecule has 86 heavy (non-hydrogen) atoms. The Morgan fingerprint density at radius 1 is 0.442 bits per heavy atom. The molecule has 27 nitrogen and oxygen atoms in total. The molecule has 0 aliphatic carbocycles. The Kier molecular flexibility index (Phi) is 24.5. The van der Waals surface area contributed by atoms with Gasteiger partial charge in [0.25, 0.3) is 23.2 Å².